The Morgan fingerprint density at radius 3 is 2.24 bits per heavy atom. The van der Waals surface area contributed by atoms with Crippen molar-refractivity contribution in [3.63, 3.8) is 0 Å². The minimum atomic E-state index is -2.35. The van der Waals surface area contributed by atoms with Crippen LogP contribution in [0.25, 0.3) is 66.0 Å². The number of pyridine rings is 2. The van der Waals surface area contributed by atoms with E-state index in [4.69, 9.17) is 11.3 Å². The molecule has 5 aromatic carbocycles. The van der Waals surface area contributed by atoms with Crippen LogP contribution in [0.4, 0.5) is 0 Å². The topological polar surface area (TPSA) is 38.9 Å². The molecule has 281 valence electrons. The molecule has 0 bridgehead atoms. The molecule has 0 amide bonds. The molecule has 4 heteroatoms. The summed E-state index contributed by atoms with van der Waals surface area (Å²) in [4.78, 5) is 9.07. The van der Waals surface area contributed by atoms with Gasteiger partial charge in [0.25, 0.3) is 0 Å². The first-order valence-corrected chi connectivity index (χ1v) is 18.9. The van der Waals surface area contributed by atoms with E-state index in [9.17, 15) is 1.37 Å². The van der Waals surface area contributed by atoms with Crippen molar-refractivity contribution >= 4 is 43.5 Å². The third kappa shape index (κ3) is 7.77. The Labute approximate surface area is 348 Å². The van der Waals surface area contributed by atoms with E-state index in [1.165, 1.54) is 17.0 Å². The third-order valence-corrected chi connectivity index (χ3v) is 11.0. The van der Waals surface area contributed by atoms with E-state index in [-0.39, 0.29) is 31.1 Å². The summed E-state index contributed by atoms with van der Waals surface area (Å²) in [6.45, 7) is 9.44. The number of benzene rings is 5. The molecule has 8 aromatic rings. The Morgan fingerprint density at radius 1 is 0.745 bits per heavy atom. The predicted octanol–water partition coefficient (Wildman–Crippen LogP) is 14.5. The van der Waals surface area contributed by atoms with E-state index < -0.39 is 24.5 Å². The van der Waals surface area contributed by atoms with Gasteiger partial charge in [-0.2, -0.15) is 0 Å². The van der Waals surface area contributed by atoms with Crippen molar-refractivity contribution in [3.05, 3.63) is 144 Å². The first kappa shape index (κ1) is 31.6. The van der Waals surface area contributed by atoms with Crippen molar-refractivity contribution in [2.45, 2.75) is 91.8 Å². The molecule has 1 aliphatic carbocycles. The molecule has 0 atom stereocenters. The average molecular weight is 905 g/mol. The van der Waals surface area contributed by atoms with Gasteiger partial charge in [0.15, 0.2) is 0 Å². The van der Waals surface area contributed by atoms with Gasteiger partial charge < -0.3 is 14.4 Å². The van der Waals surface area contributed by atoms with Gasteiger partial charge >= 0.3 is 0 Å². The molecule has 1 radical (unpaired) electrons. The zero-order chi connectivity index (χ0) is 42.8. The number of rotatable bonds is 5. The molecule has 0 unspecified atom stereocenters. The van der Waals surface area contributed by atoms with Gasteiger partial charge in [-0.1, -0.05) is 101 Å². The molecule has 1 saturated carbocycles. The summed E-state index contributed by atoms with van der Waals surface area (Å²) in [6, 6.07) is 38.7. The van der Waals surface area contributed by atoms with E-state index in [1.54, 1.807) is 6.20 Å². The van der Waals surface area contributed by atoms with Crippen LogP contribution in [-0.4, -0.2) is 9.97 Å². The van der Waals surface area contributed by atoms with Crippen LogP contribution in [0.3, 0.4) is 0 Å². The van der Waals surface area contributed by atoms with Gasteiger partial charge in [-0.3, -0.25) is 0 Å². The maximum atomic E-state index is 9.41. The summed E-state index contributed by atoms with van der Waals surface area (Å²) in [7, 11) is 0. The molecule has 3 aromatic heterocycles. The zero-order valence-electron chi connectivity index (χ0n) is 38.4. The Bertz CT molecular complexity index is 2880. The van der Waals surface area contributed by atoms with E-state index in [1.807, 2.05) is 82.3 Å². The molecular weight excluding hydrogens is 849 g/mol. The summed E-state index contributed by atoms with van der Waals surface area (Å²) in [5.41, 5.74) is 6.94. The molecule has 1 fully saturated rings. The first-order chi connectivity index (χ1) is 28.2. The minimum absolute atomic E-state index is 0. The molecule has 9 rings (SSSR count). The average Bonchev–Trinajstić information content (AvgIpc) is 3.58. The molecule has 1 aliphatic rings. The monoisotopic (exact) mass is 905 g/mol. The van der Waals surface area contributed by atoms with Gasteiger partial charge in [0, 0.05) is 46.1 Å². The second-order valence-corrected chi connectivity index (χ2v) is 15.8. The first-order valence-electron chi connectivity index (χ1n) is 21.9. The zero-order valence-corrected chi connectivity index (χ0v) is 34.8. The SMILES string of the molecule is [2H]C(C)(C)c1cnc(-c2[c-]cccc2)cc1C([2H])(C)C.[2H]C([2H])([2H])c1cnc(-c2[c-]ccc3c2oc2cc4c(ccc5ccccc54)cc23)cc1C1([2H])CCC(C)(C)CC1.[Ir]. The van der Waals surface area contributed by atoms with Crippen molar-refractivity contribution in [3.8, 4) is 22.5 Å². The standard InChI is InChI=1S/C34H30NO.C17H20N.Ir/c1-21-20-35-31(18-28(21)23-13-15-34(2,3)16-14-23)27-10-6-9-26-30-17-24-12-11-22-7-4-5-8-25(22)29(24)19-32(30)36-33(26)27;1-12(2)15-10-17(14-8-6-5-7-9-14)18-11-16(15)13(3)4;/h4-9,11-12,17-20,23H,13-16H2,1-3H3;5-8,10-13H,1-4H3;/q2*-1;/i1D3,23D;12D,13D;. The third-order valence-electron chi connectivity index (χ3n) is 11.0. The molecule has 55 heavy (non-hydrogen) atoms. The second-order valence-electron chi connectivity index (χ2n) is 15.8. The quantitative estimate of drug-likeness (QED) is 0.128. The van der Waals surface area contributed by atoms with Gasteiger partial charge in [0.2, 0.25) is 0 Å². The van der Waals surface area contributed by atoms with Crippen LogP contribution in [0.2, 0.25) is 0 Å². The van der Waals surface area contributed by atoms with Crippen LogP contribution >= 0.6 is 0 Å². The van der Waals surface area contributed by atoms with Crippen LogP contribution in [0.1, 0.15) is 115 Å². The van der Waals surface area contributed by atoms with E-state index in [0.29, 0.717) is 35.2 Å². The van der Waals surface area contributed by atoms with E-state index in [0.717, 1.165) is 62.4 Å². The van der Waals surface area contributed by atoms with Crippen LogP contribution in [0.15, 0.2) is 114 Å². The number of fused-ring (bicyclic) bond motifs is 6. The summed E-state index contributed by atoms with van der Waals surface area (Å²) in [5, 5.41) is 6.61. The molecule has 0 saturated heterocycles. The van der Waals surface area contributed by atoms with Crippen LogP contribution in [0, 0.1) is 24.4 Å². The maximum Gasteiger partial charge on any atom is 0.121 e. The van der Waals surface area contributed by atoms with Gasteiger partial charge in [0.1, 0.15) is 5.58 Å². The fourth-order valence-corrected chi connectivity index (χ4v) is 7.78. The van der Waals surface area contributed by atoms with E-state index in [2.05, 4.69) is 78.4 Å². The van der Waals surface area contributed by atoms with Crippen LogP contribution < -0.4 is 0 Å². The number of furan rings is 1. The normalized spacial score (nSPS) is 17.2. The number of hydrogen-bond acceptors (Lipinski definition) is 3. The van der Waals surface area contributed by atoms with Gasteiger partial charge in [0.05, 0.1) is 5.58 Å². The summed E-state index contributed by atoms with van der Waals surface area (Å²) >= 11 is 0. The number of nitrogens with zero attached hydrogens (tertiary/aromatic N) is 2. The Morgan fingerprint density at radius 2 is 1.49 bits per heavy atom. The summed E-state index contributed by atoms with van der Waals surface area (Å²) in [5.74, 6) is -2.50. The number of aryl methyl sites for hydroxylation is 1. The van der Waals surface area contributed by atoms with Gasteiger partial charge in [-0.05, 0) is 123 Å². The van der Waals surface area contributed by atoms with Gasteiger partial charge in [-0.15, -0.1) is 54.1 Å². The van der Waals surface area contributed by atoms with Crippen molar-refractivity contribution in [1.82, 2.24) is 9.97 Å². The number of hydrogen-bond donors (Lipinski definition) is 0. The Balaban J connectivity index is 0.000000226. The molecule has 0 spiro atoms. The van der Waals surface area contributed by atoms with Crippen LogP contribution in [-0.2, 0) is 20.1 Å². The largest absolute Gasteiger partial charge is 0.501 e. The van der Waals surface area contributed by atoms with Crippen molar-refractivity contribution in [2.24, 2.45) is 5.41 Å². The van der Waals surface area contributed by atoms with Crippen LogP contribution in [0.5, 0.6) is 0 Å². The summed E-state index contributed by atoms with van der Waals surface area (Å²) < 4.78 is 57.0. The van der Waals surface area contributed by atoms with Gasteiger partial charge in [-0.25, -0.2) is 0 Å². The molecule has 3 nitrogen and oxygen atoms in total. The summed E-state index contributed by atoms with van der Waals surface area (Å²) in [6.07, 6.45) is 6.17. The number of aromatic nitrogens is 2. The fraction of sp³-hybridized carbons (Fsp3) is 0.294. The smallest absolute Gasteiger partial charge is 0.121 e. The molecule has 0 N–H and O–H groups in total. The molecule has 0 aliphatic heterocycles. The van der Waals surface area contributed by atoms with Crippen molar-refractivity contribution in [1.29, 1.82) is 0 Å². The Hall–Kier alpha value is -4.63. The second kappa shape index (κ2) is 15.8. The predicted molar refractivity (Wildman–Crippen MR) is 227 cm³/mol. The molecule has 3 heterocycles. The van der Waals surface area contributed by atoms with Crippen molar-refractivity contribution < 1.29 is 32.7 Å². The van der Waals surface area contributed by atoms with Crippen molar-refractivity contribution in [2.75, 3.05) is 0 Å². The fourth-order valence-electron chi connectivity index (χ4n) is 7.78. The maximum absolute atomic E-state index is 9.41. The van der Waals surface area contributed by atoms with E-state index >= 15 is 0 Å². The Kier molecular flexibility index (Phi) is 9.09. The minimum Gasteiger partial charge on any atom is -0.501 e. The molecular formula is C51H50IrN2O-2.